The maximum atomic E-state index is 12.5. The van der Waals surface area contributed by atoms with Gasteiger partial charge < -0.3 is 14.9 Å². The summed E-state index contributed by atoms with van der Waals surface area (Å²) in [5.74, 6) is -0.817. The van der Waals surface area contributed by atoms with Crippen molar-refractivity contribution in [2.75, 3.05) is 20.2 Å². The molecule has 0 radical (unpaired) electrons. The molecule has 7 nitrogen and oxygen atoms in total. The number of aliphatic carboxylic acids is 1. The van der Waals surface area contributed by atoms with E-state index in [4.69, 9.17) is 9.84 Å². The van der Waals surface area contributed by atoms with Gasteiger partial charge >= 0.3 is 5.97 Å². The lowest BCUT2D eigenvalue weighted by atomic mass is 10.3. The smallest absolute Gasteiger partial charge is 0.318 e. The number of hydrogen-bond acceptors (Lipinski definition) is 5. The fourth-order valence-corrected chi connectivity index (χ4v) is 3.19. The molecule has 0 heterocycles. The van der Waals surface area contributed by atoms with Gasteiger partial charge in [0, 0.05) is 6.54 Å². The molecule has 0 saturated heterocycles. The average Bonchev–Trinajstić information content (AvgIpc) is 2.46. The van der Waals surface area contributed by atoms with Gasteiger partial charge in [-0.15, -0.1) is 0 Å². The molecule has 2 N–H and O–H groups in total. The number of allylic oxidation sites excluding steroid dienone is 1. The minimum Gasteiger partial charge on any atom is -0.497 e. The number of aliphatic hydroxyl groups excluding tert-OH is 1. The number of benzene rings is 1. The summed E-state index contributed by atoms with van der Waals surface area (Å²) in [4.78, 5) is 10.8. The zero-order valence-electron chi connectivity index (χ0n) is 12.3. The maximum Gasteiger partial charge on any atom is 0.318 e. The van der Waals surface area contributed by atoms with Gasteiger partial charge in [-0.05, 0) is 31.2 Å². The number of carbonyl (C=O) groups is 1. The van der Waals surface area contributed by atoms with Crippen LogP contribution in [0.25, 0.3) is 0 Å². The first-order valence-corrected chi connectivity index (χ1v) is 7.92. The van der Waals surface area contributed by atoms with Crippen LogP contribution in [-0.2, 0) is 14.8 Å². The molecule has 0 aliphatic rings. The standard InChI is InChI=1S/C14H19NO6S/c1-3-4-11(16)9-15(10-14(17)18)22(19,20)13-7-5-12(21-2)6-8-13/h3-8,11,16H,9-10H2,1-2H3,(H,17,18)/b4-3+. The molecule has 0 spiro atoms. The zero-order valence-corrected chi connectivity index (χ0v) is 13.2. The quantitative estimate of drug-likeness (QED) is 0.681. The van der Waals surface area contributed by atoms with E-state index in [9.17, 15) is 18.3 Å². The van der Waals surface area contributed by atoms with Crippen LogP contribution in [0.15, 0.2) is 41.3 Å². The third kappa shape index (κ3) is 4.83. The van der Waals surface area contributed by atoms with Crippen LogP contribution in [0.2, 0.25) is 0 Å². The first-order chi connectivity index (χ1) is 10.3. The molecule has 8 heteroatoms. The van der Waals surface area contributed by atoms with Crippen molar-refractivity contribution in [3.05, 3.63) is 36.4 Å². The Hall–Kier alpha value is -1.90. The largest absolute Gasteiger partial charge is 0.497 e. The van der Waals surface area contributed by atoms with Gasteiger partial charge in [0.05, 0.1) is 18.1 Å². The van der Waals surface area contributed by atoms with Crippen LogP contribution in [0.1, 0.15) is 6.92 Å². The predicted octanol–water partition coefficient (Wildman–Crippen LogP) is 0.708. The highest BCUT2D eigenvalue weighted by Crippen LogP contribution is 2.19. The third-order valence-electron chi connectivity index (χ3n) is 2.81. The summed E-state index contributed by atoms with van der Waals surface area (Å²) >= 11 is 0. The second kappa shape index (κ2) is 7.92. The number of methoxy groups -OCH3 is 1. The average molecular weight is 329 g/mol. The number of carboxylic acid groups (broad SMARTS) is 1. The Balaban J connectivity index is 3.10. The molecule has 0 aromatic heterocycles. The predicted molar refractivity (Wildman–Crippen MR) is 80.2 cm³/mol. The van der Waals surface area contributed by atoms with Gasteiger partial charge in [-0.3, -0.25) is 4.79 Å². The molecule has 22 heavy (non-hydrogen) atoms. The van der Waals surface area contributed by atoms with Gasteiger partial charge in [0.25, 0.3) is 0 Å². The lowest BCUT2D eigenvalue weighted by Crippen LogP contribution is -2.40. The molecule has 1 aromatic rings. The van der Waals surface area contributed by atoms with E-state index < -0.39 is 28.6 Å². The molecule has 122 valence electrons. The SMILES string of the molecule is C/C=C/C(O)CN(CC(=O)O)S(=O)(=O)c1ccc(OC)cc1. The fourth-order valence-electron chi connectivity index (χ4n) is 1.79. The second-order valence-electron chi connectivity index (χ2n) is 4.46. The fraction of sp³-hybridized carbons (Fsp3) is 0.357. The van der Waals surface area contributed by atoms with E-state index in [2.05, 4.69) is 0 Å². The Bertz CT molecular complexity index is 623. The molecule has 0 aliphatic heterocycles. The minimum atomic E-state index is -4.03. The van der Waals surface area contributed by atoms with E-state index in [1.165, 1.54) is 37.5 Å². The van der Waals surface area contributed by atoms with E-state index in [-0.39, 0.29) is 11.4 Å². The molecule has 0 aliphatic carbocycles. The van der Waals surface area contributed by atoms with Gasteiger partial charge in [-0.1, -0.05) is 12.2 Å². The number of rotatable bonds is 8. The lowest BCUT2D eigenvalue weighted by Gasteiger charge is -2.22. The summed E-state index contributed by atoms with van der Waals surface area (Å²) in [7, 11) is -2.58. The molecule has 1 unspecified atom stereocenters. The molecule has 1 aromatic carbocycles. The van der Waals surface area contributed by atoms with Crippen LogP contribution in [0.5, 0.6) is 5.75 Å². The van der Waals surface area contributed by atoms with Crippen molar-refractivity contribution < 1.29 is 28.2 Å². The monoisotopic (exact) mass is 329 g/mol. The Morgan fingerprint density at radius 2 is 1.95 bits per heavy atom. The van der Waals surface area contributed by atoms with E-state index in [1.807, 2.05) is 0 Å². The highest BCUT2D eigenvalue weighted by molar-refractivity contribution is 7.89. The maximum absolute atomic E-state index is 12.5. The number of aliphatic hydroxyl groups is 1. The highest BCUT2D eigenvalue weighted by Gasteiger charge is 2.28. The normalized spacial score (nSPS) is 13.5. The van der Waals surface area contributed by atoms with Crippen molar-refractivity contribution in [1.29, 1.82) is 0 Å². The van der Waals surface area contributed by atoms with Crippen molar-refractivity contribution in [3.8, 4) is 5.75 Å². The van der Waals surface area contributed by atoms with E-state index in [0.29, 0.717) is 5.75 Å². The van der Waals surface area contributed by atoms with E-state index >= 15 is 0 Å². The summed E-state index contributed by atoms with van der Waals surface area (Å²) in [6.45, 7) is 0.594. The summed E-state index contributed by atoms with van der Waals surface area (Å²) in [5, 5.41) is 18.6. The Labute approximate surface area is 129 Å². The lowest BCUT2D eigenvalue weighted by molar-refractivity contribution is -0.137. The van der Waals surface area contributed by atoms with Crippen molar-refractivity contribution in [2.45, 2.75) is 17.9 Å². The summed E-state index contributed by atoms with van der Waals surface area (Å²) in [5.41, 5.74) is 0. The molecule has 0 fully saturated rings. The van der Waals surface area contributed by atoms with Crippen molar-refractivity contribution in [3.63, 3.8) is 0 Å². The molecule has 0 bridgehead atoms. The number of sulfonamides is 1. The van der Waals surface area contributed by atoms with Crippen molar-refractivity contribution >= 4 is 16.0 Å². The molecular weight excluding hydrogens is 310 g/mol. The zero-order chi connectivity index (χ0) is 16.8. The topological polar surface area (TPSA) is 104 Å². The summed E-state index contributed by atoms with van der Waals surface area (Å²) < 4.78 is 30.7. The number of ether oxygens (including phenoxy) is 1. The van der Waals surface area contributed by atoms with Crippen LogP contribution < -0.4 is 4.74 Å². The van der Waals surface area contributed by atoms with Crippen LogP contribution in [-0.4, -0.2) is 55.2 Å². The molecule has 0 amide bonds. The van der Waals surface area contributed by atoms with Gasteiger partial charge in [-0.2, -0.15) is 4.31 Å². The third-order valence-corrected chi connectivity index (χ3v) is 4.64. The van der Waals surface area contributed by atoms with Crippen molar-refractivity contribution in [1.82, 2.24) is 4.31 Å². The van der Waals surface area contributed by atoms with E-state index in [1.54, 1.807) is 13.0 Å². The number of hydrogen-bond donors (Lipinski definition) is 2. The Morgan fingerprint density at radius 1 is 1.36 bits per heavy atom. The van der Waals surface area contributed by atoms with Crippen molar-refractivity contribution in [2.24, 2.45) is 0 Å². The minimum absolute atomic E-state index is 0.0674. The summed E-state index contributed by atoms with van der Waals surface area (Å²) in [6, 6.07) is 5.58. The van der Waals surface area contributed by atoms with Crippen LogP contribution >= 0.6 is 0 Å². The van der Waals surface area contributed by atoms with Gasteiger partial charge in [-0.25, -0.2) is 8.42 Å². The number of carboxylic acids is 1. The highest BCUT2D eigenvalue weighted by atomic mass is 32.2. The Kier molecular flexibility index (Phi) is 6.54. The molecular formula is C14H19NO6S. The van der Waals surface area contributed by atoms with Crippen LogP contribution in [0, 0.1) is 0 Å². The van der Waals surface area contributed by atoms with E-state index in [0.717, 1.165) is 4.31 Å². The first-order valence-electron chi connectivity index (χ1n) is 6.48. The number of nitrogens with zero attached hydrogens (tertiary/aromatic N) is 1. The molecule has 0 saturated carbocycles. The van der Waals surface area contributed by atoms with Gasteiger partial charge in [0.2, 0.25) is 10.0 Å². The Morgan fingerprint density at radius 3 is 2.41 bits per heavy atom. The first kappa shape index (κ1) is 18.1. The summed E-state index contributed by atoms with van der Waals surface area (Å²) in [6.07, 6.45) is 1.86. The molecule has 1 atom stereocenters. The molecule has 1 rings (SSSR count). The van der Waals surface area contributed by atoms with Gasteiger partial charge in [0.1, 0.15) is 12.3 Å². The van der Waals surface area contributed by atoms with Gasteiger partial charge in [0.15, 0.2) is 0 Å². The second-order valence-corrected chi connectivity index (χ2v) is 6.40. The van der Waals surface area contributed by atoms with Crippen LogP contribution in [0.3, 0.4) is 0 Å². The van der Waals surface area contributed by atoms with Crippen LogP contribution in [0.4, 0.5) is 0 Å².